The number of benzene rings is 2. The van der Waals surface area contributed by atoms with Gasteiger partial charge < -0.3 is 10.6 Å². The van der Waals surface area contributed by atoms with Gasteiger partial charge in [-0.2, -0.15) is 5.10 Å². The second-order valence-corrected chi connectivity index (χ2v) is 5.52. The molecule has 2 heterocycles. The van der Waals surface area contributed by atoms with E-state index in [1.165, 1.54) is 4.68 Å². The van der Waals surface area contributed by atoms with Gasteiger partial charge in [-0.25, -0.2) is 14.5 Å². The number of aromatic amines is 1. The van der Waals surface area contributed by atoms with Crippen molar-refractivity contribution in [3.05, 3.63) is 77.3 Å². The number of nitrogens with one attached hydrogen (secondary N) is 3. The van der Waals surface area contributed by atoms with Crippen LogP contribution in [0.4, 0.5) is 16.2 Å². The summed E-state index contributed by atoms with van der Waals surface area (Å²) in [6, 6.07) is 15.4. The van der Waals surface area contributed by atoms with Crippen molar-refractivity contribution >= 4 is 28.3 Å². The molecule has 0 atom stereocenters. The van der Waals surface area contributed by atoms with Crippen molar-refractivity contribution in [1.82, 2.24) is 19.7 Å². The highest BCUT2D eigenvalue weighted by Crippen LogP contribution is 2.16. The molecule has 4 aromatic rings. The van der Waals surface area contributed by atoms with Gasteiger partial charge in [-0.15, -0.1) is 0 Å². The van der Waals surface area contributed by atoms with Gasteiger partial charge in [-0.1, -0.05) is 18.2 Å². The Hall–Kier alpha value is -3.94. The molecule has 0 spiro atoms. The maximum absolute atomic E-state index is 12.4. The van der Waals surface area contributed by atoms with E-state index in [0.717, 1.165) is 0 Å². The Bertz CT molecular complexity index is 1120. The first-order valence-corrected chi connectivity index (χ1v) is 7.86. The van der Waals surface area contributed by atoms with E-state index < -0.39 is 6.03 Å². The van der Waals surface area contributed by atoms with Gasteiger partial charge in [0.05, 0.1) is 10.9 Å². The third-order valence-electron chi connectivity index (χ3n) is 3.70. The van der Waals surface area contributed by atoms with E-state index >= 15 is 0 Å². The van der Waals surface area contributed by atoms with Crippen LogP contribution >= 0.6 is 0 Å². The molecule has 4 rings (SSSR count). The van der Waals surface area contributed by atoms with Gasteiger partial charge >= 0.3 is 6.03 Å². The number of hydrogen-bond acceptors (Lipinski definition) is 4. The lowest BCUT2D eigenvalue weighted by Gasteiger charge is -2.08. The summed E-state index contributed by atoms with van der Waals surface area (Å²) in [7, 11) is 0. The lowest BCUT2D eigenvalue weighted by atomic mass is 10.2. The zero-order valence-electron chi connectivity index (χ0n) is 13.5. The van der Waals surface area contributed by atoms with Crippen molar-refractivity contribution in [3.8, 4) is 5.95 Å². The van der Waals surface area contributed by atoms with E-state index in [-0.39, 0.29) is 5.56 Å². The van der Waals surface area contributed by atoms with Gasteiger partial charge in [0.2, 0.25) is 5.95 Å². The Balaban J connectivity index is 1.59. The molecule has 3 N–H and O–H groups in total. The third kappa shape index (κ3) is 3.16. The van der Waals surface area contributed by atoms with Crippen molar-refractivity contribution < 1.29 is 4.79 Å². The molecular formula is C18H14N6O2. The highest BCUT2D eigenvalue weighted by molar-refractivity contribution is 6.00. The van der Waals surface area contributed by atoms with E-state index in [1.54, 1.807) is 48.8 Å². The minimum absolute atomic E-state index is 0.312. The smallest absolute Gasteiger partial charge is 0.308 e. The fourth-order valence-electron chi connectivity index (χ4n) is 2.52. The van der Waals surface area contributed by atoms with Gasteiger partial charge in [0.1, 0.15) is 0 Å². The minimum atomic E-state index is -0.395. The van der Waals surface area contributed by atoms with Crippen LogP contribution in [0, 0.1) is 0 Å². The van der Waals surface area contributed by atoms with Crippen LogP contribution in [-0.4, -0.2) is 25.8 Å². The molecule has 0 aliphatic carbocycles. The molecule has 128 valence electrons. The molecule has 26 heavy (non-hydrogen) atoms. The van der Waals surface area contributed by atoms with E-state index in [1.807, 2.05) is 18.2 Å². The molecule has 0 aliphatic rings. The number of rotatable bonds is 3. The van der Waals surface area contributed by atoms with Gasteiger partial charge in [-0.3, -0.25) is 9.78 Å². The number of amides is 2. The summed E-state index contributed by atoms with van der Waals surface area (Å²) < 4.78 is 1.47. The summed E-state index contributed by atoms with van der Waals surface area (Å²) in [4.78, 5) is 31.5. The third-order valence-corrected chi connectivity index (χ3v) is 3.70. The van der Waals surface area contributed by atoms with Crippen LogP contribution in [-0.2, 0) is 0 Å². The maximum atomic E-state index is 12.4. The maximum Gasteiger partial charge on any atom is 0.323 e. The van der Waals surface area contributed by atoms with Gasteiger partial charge in [0, 0.05) is 23.8 Å². The number of carbonyl (C=O) groups excluding carboxylic acids is 1. The fourth-order valence-corrected chi connectivity index (χ4v) is 2.52. The first-order chi connectivity index (χ1) is 12.7. The number of nitrogens with zero attached hydrogens (tertiary/aromatic N) is 3. The Labute approximate surface area is 147 Å². The highest BCUT2D eigenvalue weighted by Gasteiger charge is 2.08. The summed E-state index contributed by atoms with van der Waals surface area (Å²) in [5.74, 6) is 0.329. The second kappa shape index (κ2) is 6.52. The average molecular weight is 346 g/mol. The number of anilines is 2. The van der Waals surface area contributed by atoms with E-state index in [4.69, 9.17) is 0 Å². The molecule has 0 saturated carbocycles. The molecule has 0 unspecified atom stereocenters. The summed E-state index contributed by atoms with van der Waals surface area (Å²) in [6.07, 6.45) is 3.29. The minimum Gasteiger partial charge on any atom is -0.308 e. The quantitative estimate of drug-likeness (QED) is 0.530. The zero-order chi connectivity index (χ0) is 17.9. The normalized spacial score (nSPS) is 10.6. The fraction of sp³-hybridized carbons (Fsp3) is 0. The predicted molar refractivity (Wildman–Crippen MR) is 98.6 cm³/mol. The molecular weight excluding hydrogens is 332 g/mol. The topological polar surface area (TPSA) is 105 Å². The lowest BCUT2D eigenvalue weighted by Crippen LogP contribution is -2.20. The average Bonchev–Trinajstić information content (AvgIpc) is 3.17. The van der Waals surface area contributed by atoms with Crippen LogP contribution in [0.15, 0.2) is 71.8 Å². The number of fused-ring (bicyclic) bond motifs is 1. The van der Waals surface area contributed by atoms with Crippen molar-refractivity contribution in [2.75, 3.05) is 10.6 Å². The van der Waals surface area contributed by atoms with Crippen LogP contribution in [0.1, 0.15) is 0 Å². The van der Waals surface area contributed by atoms with Gasteiger partial charge in [0.15, 0.2) is 0 Å². The Morgan fingerprint density at radius 2 is 1.81 bits per heavy atom. The zero-order valence-corrected chi connectivity index (χ0v) is 13.5. The van der Waals surface area contributed by atoms with Crippen molar-refractivity contribution in [2.24, 2.45) is 0 Å². The second-order valence-electron chi connectivity index (χ2n) is 5.52. The first kappa shape index (κ1) is 15.6. The van der Waals surface area contributed by atoms with Crippen molar-refractivity contribution in [1.29, 1.82) is 0 Å². The summed E-state index contributed by atoms with van der Waals surface area (Å²) in [5.41, 5.74) is 1.36. The SMILES string of the molecule is O=C(Nc1ccccc1)Nc1ccc2nc(-n3cccn3)[nH]c(=O)c2c1. The van der Waals surface area contributed by atoms with Gasteiger partial charge in [-0.05, 0) is 36.4 Å². The highest BCUT2D eigenvalue weighted by atomic mass is 16.2. The van der Waals surface area contributed by atoms with Crippen LogP contribution in [0.25, 0.3) is 16.9 Å². The first-order valence-electron chi connectivity index (χ1n) is 7.86. The predicted octanol–water partition coefficient (Wildman–Crippen LogP) is 2.75. The summed E-state index contributed by atoms with van der Waals surface area (Å²) >= 11 is 0. The van der Waals surface area contributed by atoms with Crippen molar-refractivity contribution in [3.63, 3.8) is 0 Å². The Morgan fingerprint density at radius 1 is 1.00 bits per heavy atom. The number of urea groups is 1. The van der Waals surface area contributed by atoms with Crippen LogP contribution in [0.2, 0.25) is 0 Å². The summed E-state index contributed by atoms with van der Waals surface area (Å²) in [5, 5.41) is 9.84. The number of aromatic nitrogens is 4. The van der Waals surface area contributed by atoms with E-state index in [9.17, 15) is 9.59 Å². The Morgan fingerprint density at radius 3 is 2.58 bits per heavy atom. The molecule has 0 aliphatic heterocycles. The molecule has 0 radical (unpaired) electrons. The number of carbonyl (C=O) groups is 1. The standard InChI is InChI=1S/C18H14N6O2/c25-16-14-11-13(21-18(26)20-12-5-2-1-3-6-12)7-8-15(14)22-17(23-16)24-10-4-9-19-24/h1-11H,(H2,20,21,26)(H,22,23,25). The molecule has 2 amide bonds. The monoisotopic (exact) mass is 346 g/mol. The Kier molecular flexibility index (Phi) is 3.91. The van der Waals surface area contributed by atoms with E-state index in [2.05, 4.69) is 25.7 Å². The molecule has 2 aromatic carbocycles. The lowest BCUT2D eigenvalue weighted by molar-refractivity contribution is 0.262. The largest absolute Gasteiger partial charge is 0.323 e. The van der Waals surface area contributed by atoms with Crippen molar-refractivity contribution in [2.45, 2.75) is 0 Å². The number of H-pyrrole nitrogens is 1. The van der Waals surface area contributed by atoms with Crippen LogP contribution in [0.3, 0.4) is 0 Å². The van der Waals surface area contributed by atoms with Gasteiger partial charge in [0.25, 0.3) is 5.56 Å². The van der Waals surface area contributed by atoms with Crippen LogP contribution < -0.4 is 16.2 Å². The molecule has 0 saturated heterocycles. The molecule has 0 fully saturated rings. The molecule has 8 heteroatoms. The van der Waals surface area contributed by atoms with Crippen LogP contribution in [0.5, 0.6) is 0 Å². The molecule has 2 aromatic heterocycles. The molecule has 8 nitrogen and oxygen atoms in total. The summed E-state index contributed by atoms with van der Waals surface area (Å²) in [6.45, 7) is 0. The van der Waals surface area contributed by atoms with E-state index in [0.29, 0.717) is 28.2 Å². The molecule has 0 bridgehead atoms. The number of para-hydroxylation sites is 1. The number of hydrogen-bond donors (Lipinski definition) is 3.